The third-order valence-electron chi connectivity index (χ3n) is 1.78. The lowest BCUT2D eigenvalue weighted by molar-refractivity contribution is -0.385. The van der Waals surface area contributed by atoms with E-state index in [4.69, 9.17) is 0 Å². The van der Waals surface area contributed by atoms with Crippen molar-refractivity contribution in [1.29, 1.82) is 0 Å². The summed E-state index contributed by atoms with van der Waals surface area (Å²) in [5, 5.41) is 21.4. The van der Waals surface area contributed by atoms with Crippen molar-refractivity contribution in [2.24, 2.45) is 0 Å². The predicted molar refractivity (Wildman–Crippen MR) is 55.9 cm³/mol. The van der Waals surface area contributed by atoms with E-state index < -0.39 is 22.3 Å². The van der Waals surface area contributed by atoms with Gasteiger partial charge in [0.15, 0.2) is 0 Å². The Morgan fingerprint density at radius 3 is 2.62 bits per heavy atom. The Hall–Kier alpha value is -2.15. The number of nitrogens with zero attached hydrogens (tertiary/aromatic N) is 2. The van der Waals surface area contributed by atoms with E-state index in [9.17, 15) is 20.0 Å². The van der Waals surface area contributed by atoms with Gasteiger partial charge in [-0.1, -0.05) is 6.07 Å². The summed E-state index contributed by atoms with van der Waals surface area (Å²) in [7, 11) is 3.18. The van der Waals surface area contributed by atoms with Gasteiger partial charge in [0.25, 0.3) is 5.91 Å². The van der Waals surface area contributed by atoms with E-state index in [1.54, 1.807) is 14.1 Å². The highest BCUT2D eigenvalue weighted by molar-refractivity contribution is 5.97. The van der Waals surface area contributed by atoms with E-state index in [2.05, 4.69) is 5.43 Å². The van der Waals surface area contributed by atoms with Crippen molar-refractivity contribution >= 4 is 11.6 Å². The second-order valence-electron chi connectivity index (χ2n) is 3.27. The molecule has 1 rings (SSSR count). The molecule has 86 valence electrons. The second kappa shape index (κ2) is 4.58. The maximum atomic E-state index is 11.5. The summed E-state index contributed by atoms with van der Waals surface area (Å²) in [6.07, 6.45) is 0. The van der Waals surface area contributed by atoms with Crippen LogP contribution in [0.3, 0.4) is 0 Å². The van der Waals surface area contributed by atoms with Crippen molar-refractivity contribution in [3.63, 3.8) is 0 Å². The molecule has 0 saturated heterocycles. The fourth-order valence-electron chi connectivity index (χ4n) is 1.13. The lowest BCUT2D eigenvalue weighted by Crippen LogP contribution is -2.36. The number of benzene rings is 1. The molecule has 1 aromatic rings. The number of phenols is 1. The minimum atomic E-state index is -0.748. The first-order valence-electron chi connectivity index (χ1n) is 4.38. The average molecular weight is 225 g/mol. The SMILES string of the molecule is CN(C)NC(=O)c1cccc([N+](=O)[O-])c1O. The van der Waals surface area contributed by atoms with Crippen LogP contribution in [0.4, 0.5) is 5.69 Å². The minimum absolute atomic E-state index is 0.136. The van der Waals surface area contributed by atoms with Crippen LogP contribution in [0.25, 0.3) is 0 Å². The van der Waals surface area contributed by atoms with Crippen LogP contribution in [-0.4, -0.2) is 35.0 Å². The highest BCUT2D eigenvalue weighted by atomic mass is 16.6. The Labute approximate surface area is 91.4 Å². The largest absolute Gasteiger partial charge is 0.502 e. The molecule has 1 aromatic carbocycles. The molecule has 0 fully saturated rings. The van der Waals surface area contributed by atoms with Crippen LogP contribution in [0, 0.1) is 10.1 Å². The Morgan fingerprint density at radius 1 is 1.50 bits per heavy atom. The first-order valence-corrected chi connectivity index (χ1v) is 4.38. The van der Waals surface area contributed by atoms with E-state index in [-0.39, 0.29) is 5.56 Å². The number of nitro groups is 1. The summed E-state index contributed by atoms with van der Waals surface area (Å²) in [5.41, 5.74) is 1.75. The number of nitro benzene ring substituents is 1. The smallest absolute Gasteiger partial charge is 0.311 e. The summed E-state index contributed by atoms with van der Waals surface area (Å²) in [5.74, 6) is -1.24. The highest BCUT2D eigenvalue weighted by Gasteiger charge is 2.20. The molecule has 1 amide bonds. The molecule has 0 aliphatic carbocycles. The first-order chi connectivity index (χ1) is 7.43. The lowest BCUT2D eigenvalue weighted by Gasteiger charge is -2.12. The van der Waals surface area contributed by atoms with Gasteiger partial charge in [0.05, 0.1) is 10.5 Å². The van der Waals surface area contributed by atoms with Crippen LogP contribution in [0.15, 0.2) is 18.2 Å². The molecule has 0 bridgehead atoms. The Morgan fingerprint density at radius 2 is 2.12 bits per heavy atom. The predicted octanol–water partition coefficient (Wildman–Crippen LogP) is 0.507. The first kappa shape index (κ1) is 11.9. The van der Waals surface area contributed by atoms with Crippen LogP contribution in [0.2, 0.25) is 0 Å². The fourth-order valence-corrected chi connectivity index (χ4v) is 1.13. The number of nitrogens with one attached hydrogen (secondary N) is 1. The van der Waals surface area contributed by atoms with Gasteiger partial charge >= 0.3 is 5.69 Å². The van der Waals surface area contributed by atoms with Crippen LogP contribution in [0.5, 0.6) is 5.75 Å². The average Bonchev–Trinajstić information content (AvgIpc) is 2.16. The summed E-state index contributed by atoms with van der Waals surface area (Å²) in [6, 6.07) is 3.77. The molecule has 7 heteroatoms. The van der Waals surface area contributed by atoms with Crippen molar-refractivity contribution < 1.29 is 14.8 Å². The standard InChI is InChI=1S/C9H11N3O4/c1-11(2)10-9(14)6-4-3-5-7(8(6)13)12(15)16/h3-5,13H,1-2H3,(H,10,14). The Bertz CT molecular complexity index is 431. The van der Waals surface area contributed by atoms with Gasteiger partial charge in [-0.3, -0.25) is 20.3 Å². The third-order valence-corrected chi connectivity index (χ3v) is 1.78. The zero-order valence-electron chi connectivity index (χ0n) is 8.80. The molecule has 2 N–H and O–H groups in total. The van der Waals surface area contributed by atoms with E-state index in [0.29, 0.717) is 0 Å². The molecule has 0 spiro atoms. The second-order valence-corrected chi connectivity index (χ2v) is 3.27. The van der Waals surface area contributed by atoms with Crippen molar-refractivity contribution in [3.05, 3.63) is 33.9 Å². The molecule has 0 heterocycles. The van der Waals surface area contributed by atoms with Gasteiger partial charge in [-0.15, -0.1) is 0 Å². The maximum absolute atomic E-state index is 11.5. The van der Waals surface area contributed by atoms with Crippen LogP contribution < -0.4 is 5.43 Å². The summed E-state index contributed by atoms with van der Waals surface area (Å²) in [4.78, 5) is 21.3. The molecule has 0 aliphatic rings. The van der Waals surface area contributed by atoms with Gasteiger partial charge in [-0.2, -0.15) is 0 Å². The monoisotopic (exact) mass is 225 g/mol. The van der Waals surface area contributed by atoms with Gasteiger partial charge in [-0.25, -0.2) is 5.01 Å². The van der Waals surface area contributed by atoms with Gasteiger partial charge in [0.2, 0.25) is 5.75 Å². The molecule has 7 nitrogen and oxygen atoms in total. The van der Waals surface area contributed by atoms with Gasteiger partial charge < -0.3 is 5.11 Å². The number of amides is 1. The third kappa shape index (κ3) is 2.45. The van der Waals surface area contributed by atoms with Crippen LogP contribution in [-0.2, 0) is 0 Å². The molecule has 0 radical (unpaired) electrons. The molecule has 0 aromatic heterocycles. The number of carbonyl (C=O) groups is 1. The highest BCUT2D eigenvalue weighted by Crippen LogP contribution is 2.28. The molecule has 0 aliphatic heterocycles. The number of phenolic OH excluding ortho intramolecular Hbond substituents is 1. The number of aromatic hydroxyl groups is 1. The number of hydrogen-bond acceptors (Lipinski definition) is 5. The maximum Gasteiger partial charge on any atom is 0.311 e. The molecular weight excluding hydrogens is 214 g/mol. The Kier molecular flexibility index (Phi) is 3.41. The van der Waals surface area contributed by atoms with Crippen LogP contribution in [0.1, 0.15) is 10.4 Å². The topological polar surface area (TPSA) is 95.7 Å². The Balaban J connectivity index is 3.10. The number of hydrazine groups is 1. The molecule has 0 saturated carbocycles. The van der Waals surface area contributed by atoms with Crippen molar-refractivity contribution in [2.75, 3.05) is 14.1 Å². The summed E-state index contributed by atoms with van der Waals surface area (Å²) < 4.78 is 0. The number of para-hydroxylation sites is 1. The molecule has 16 heavy (non-hydrogen) atoms. The zero-order valence-corrected chi connectivity index (χ0v) is 8.80. The summed E-state index contributed by atoms with van der Waals surface area (Å²) >= 11 is 0. The van der Waals surface area contributed by atoms with Crippen molar-refractivity contribution in [3.8, 4) is 5.75 Å². The van der Waals surface area contributed by atoms with E-state index in [0.717, 1.165) is 6.07 Å². The van der Waals surface area contributed by atoms with E-state index in [1.165, 1.54) is 17.1 Å². The van der Waals surface area contributed by atoms with Gasteiger partial charge in [-0.05, 0) is 6.07 Å². The fraction of sp³-hybridized carbons (Fsp3) is 0.222. The summed E-state index contributed by atoms with van der Waals surface area (Å²) in [6.45, 7) is 0. The molecular formula is C9H11N3O4. The number of rotatable bonds is 3. The molecule has 0 unspecified atom stereocenters. The lowest BCUT2D eigenvalue weighted by atomic mass is 10.1. The quantitative estimate of drug-likeness (QED) is 0.577. The van der Waals surface area contributed by atoms with Gasteiger partial charge in [0.1, 0.15) is 0 Å². The minimum Gasteiger partial charge on any atom is -0.502 e. The number of carbonyl (C=O) groups excluding carboxylic acids is 1. The zero-order chi connectivity index (χ0) is 12.3. The van der Waals surface area contributed by atoms with E-state index >= 15 is 0 Å². The normalized spacial score (nSPS) is 10.2. The van der Waals surface area contributed by atoms with Gasteiger partial charge in [0, 0.05) is 20.2 Å². The van der Waals surface area contributed by atoms with Crippen molar-refractivity contribution in [2.45, 2.75) is 0 Å². The van der Waals surface area contributed by atoms with Crippen LogP contribution >= 0.6 is 0 Å². The van der Waals surface area contributed by atoms with Crippen molar-refractivity contribution in [1.82, 2.24) is 10.4 Å². The van der Waals surface area contributed by atoms with E-state index in [1.807, 2.05) is 0 Å². The molecule has 0 atom stereocenters. The number of hydrogen-bond donors (Lipinski definition) is 2.